The second-order valence-corrected chi connectivity index (χ2v) is 5.16. The average Bonchev–Trinajstić information content (AvgIpc) is 2.47. The van der Waals surface area contributed by atoms with Gasteiger partial charge in [0, 0.05) is 19.2 Å². The van der Waals surface area contributed by atoms with E-state index in [0.29, 0.717) is 25.5 Å². The lowest BCUT2D eigenvalue weighted by atomic mass is 10.0. The van der Waals surface area contributed by atoms with Crippen molar-refractivity contribution in [1.29, 1.82) is 0 Å². The number of alkyl halides is 1. The van der Waals surface area contributed by atoms with Gasteiger partial charge in [-0.15, -0.1) is 11.6 Å². The van der Waals surface area contributed by atoms with E-state index in [9.17, 15) is 4.79 Å². The molecule has 0 radical (unpaired) electrons. The van der Waals surface area contributed by atoms with Crippen LogP contribution in [-0.2, 0) is 16.0 Å². The highest BCUT2D eigenvalue weighted by atomic mass is 35.5. The lowest BCUT2D eigenvalue weighted by Crippen LogP contribution is -2.03. The van der Waals surface area contributed by atoms with Crippen LogP contribution in [0, 0.1) is 0 Å². The quantitative estimate of drug-likeness (QED) is 0.441. The molecule has 4 heteroatoms. The van der Waals surface area contributed by atoms with Crippen molar-refractivity contribution in [2.45, 2.75) is 19.8 Å². The molecule has 2 aromatic rings. The fraction of sp³-hybridized carbons (Fsp3) is 0.353. The average molecular weight is 307 g/mol. The van der Waals surface area contributed by atoms with Crippen LogP contribution in [0.25, 0.3) is 10.8 Å². The van der Waals surface area contributed by atoms with Crippen LogP contribution in [0.15, 0.2) is 36.4 Å². The summed E-state index contributed by atoms with van der Waals surface area (Å²) < 4.78 is 10.7. The summed E-state index contributed by atoms with van der Waals surface area (Å²) in [4.78, 5) is 10.8. The zero-order valence-corrected chi connectivity index (χ0v) is 12.9. The van der Waals surface area contributed by atoms with Gasteiger partial charge in [-0.1, -0.05) is 24.3 Å². The van der Waals surface area contributed by atoms with Crippen molar-refractivity contribution in [3.8, 4) is 5.75 Å². The summed E-state index contributed by atoms with van der Waals surface area (Å²) in [7, 11) is 0. The Kier molecular flexibility index (Phi) is 5.88. The molecule has 0 spiro atoms. The van der Waals surface area contributed by atoms with Gasteiger partial charge in [0.25, 0.3) is 0 Å². The van der Waals surface area contributed by atoms with Crippen molar-refractivity contribution in [2.75, 3.05) is 19.1 Å². The summed E-state index contributed by atoms with van der Waals surface area (Å²) in [6, 6.07) is 12.2. The number of esters is 1. The van der Waals surface area contributed by atoms with Gasteiger partial charge in [0.15, 0.2) is 0 Å². The molecule has 2 aromatic carbocycles. The van der Waals surface area contributed by atoms with E-state index in [-0.39, 0.29) is 5.97 Å². The van der Waals surface area contributed by atoms with E-state index < -0.39 is 0 Å². The molecule has 0 aliphatic carbocycles. The van der Waals surface area contributed by atoms with Crippen LogP contribution in [0.3, 0.4) is 0 Å². The summed E-state index contributed by atoms with van der Waals surface area (Å²) in [6.45, 7) is 2.43. The van der Waals surface area contributed by atoms with E-state index in [2.05, 4.69) is 6.07 Å². The molecule has 0 saturated heterocycles. The summed E-state index contributed by atoms with van der Waals surface area (Å²) in [5, 5.41) is 2.29. The minimum Gasteiger partial charge on any atom is -0.494 e. The molecule has 0 N–H and O–H groups in total. The first-order valence-electron chi connectivity index (χ1n) is 7.04. The second kappa shape index (κ2) is 7.89. The number of rotatable bonds is 7. The molecule has 0 aliphatic heterocycles. The molecular formula is C17H19ClO3. The van der Waals surface area contributed by atoms with E-state index in [1.807, 2.05) is 30.3 Å². The Morgan fingerprint density at radius 3 is 2.81 bits per heavy atom. The molecule has 21 heavy (non-hydrogen) atoms. The Morgan fingerprint density at radius 2 is 2.05 bits per heavy atom. The van der Waals surface area contributed by atoms with Crippen LogP contribution >= 0.6 is 11.6 Å². The third kappa shape index (κ3) is 4.64. The first kappa shape index (κ1) is 15.6. The monoisotopic (exact) mass is 306 g/mol. The lowest BCUT2D eigenvalue weighted by molar-refractivity contribution is -0.140. The highest BCUT2D eigenvalue weighted by Gasteiger charge is 2.04. The number of halogens is 1. The van der Waals surface area contributed by atoms with E-state index in [4.69, 9.17) is 21.1 Å². The lowest BCUT2D eigenvalue weighted by Gasteiger charge is -2.10. The number of benzene rings is 2. The Labute approximate surface area is 129 Å². The minimum absolute atomic E-state index is 0.250. The number of carbonyl (C=O) groups is 1. The Morgan fingerprint density at radius 1 is 1.19 bits per heavy atom. The molecule has 3 nitrogen and oxygen atoms in total. The van der Waals surface area contributed by atoms with Gasteiger partial charge < -0.3 is 9.47 Å². The summed E-state index contributed by atoms with van der Waals surface area (Å²) >= 11 is 5.65. The van der Waals surface area contributed by atoms with Gasteiger partial charge in [0.1, 0.15) is 5.75 Å². The Bertz CT molecular complexity index is 610. The standard InChI is InChI=1S/C17H19ClO3/c1-13(19)20-11-8-15-5-2-4-14-6-7-16(12-17(14)15)21-10-3-9-18/h2,4-7,12H,3,8-11H2,1H3. The summed E-state index contributed by atoms with van der Waals surface area (Å²) in [5.41, 5.74) is 1.15. The fourth-order valence-corrected chi connectivity index (χ4v) is 2.28. The molecule has 0 unspecified atom stereocenters. The highest BCUT2D eigenvalue weighted by Crippen LogP contribution is 2.24. The largest absolute Gasteiger partial charge is 0.494 e. The normalized spacial score (nSPS) is 10.6. The van der Waals surface area contributed by atoms with Crippen LogP contribution in [-0.4, -0.2) is 25.1 Å². The van der Waals surface area contributed by atoms with Gasteiger partial charge in [-0.3, -0.25) is 4.79 Å². The third-order valence-electron chi connectivity index (χ3n) is 3.17. The molecule has 2 rings (SSSR count). The van der Waals surface area contributed by atoms with Crippen LogP contribution in [0.5, 0.6) is 5.75 Å². The van der Waals surface area contributed by atoms with Crippen LogP contribution in [0.1, 0.15) is 18.9 Å². The van der Waals surface area contributed by atoms with Gasteiger partial charge >= 0.3 is 5.97 Å². The van der Waals surface area contributed by atoms with Gasteiger partial charge in [-0.25, -0.2) is 0 Å². The predicted molar refractivity (Wildman–Crippen MR) is 85.1 cm³/mol. The van der Waals surface area contributed by atoms with Crippen molar-refractivity contribution in [3.05, 3.63) is 42.0 Å². The fourth-order valence-electron chi connectivity index (χ4n) is 2.17. The molecule has 112 valence electrons. The first-order chi connectivity index (χ1) is 10.2. The van der Waals surface area contributed by atoms with Crippen molar-refractivity contribution in [1.82, 2.24) is 0 Å². The maximum atomic E-state index is 10.8. The second-order valence-electron chi connectivity index (χ2n) is 4.78. The zero-order chi connectivity index (χ0) is 15.1. The number of carbonyl (C=O) groups excluding carboxylic acids is 1. The van der Waals surface area contributed by atoms with Gasteiger partial charge in [-0.05, 0) is 34.9 Å². The van der Waals surface area contributed by atoms with Gasteiger partial charge in [0.2, 0.25) is 0 Å². The predicted octanol–water partition coefficient (Wildman–Crippen LogP) is 3.95. The third-order valence-corrected chi connectivity index (χ3v) is 3.43. The summed E-state index contributed by atoms with van der Waals surface area (Å²) in [5.74, 6) is 1.19. The Balaban J connectivity index is 2.15. The van der Waals surface area contributed by atoms with Gasteiger partial charge in [0.05, 0.1) is 13.2 Å². The number of fused-ring (bicyclic) bond motifs is 1. The zero-order valence-electron chi connectivity index (χ0n) is 12.1. The van der Waals surface area contributed by atoms with Crippen molar-refractivity contribution < 1.29 is 14.3 Å². The molecule has 0 heterocycles. The van der Waals surface area contributed by atoms with Crippen LogP contribution in [0.2, 0.25) is 0 Å². The van der Waals surface area contributed by atoms with Crippen LogP contribution < -0.4 is 4.74 Å². The van der Waals surface area contributed by atoms with E-state index in [1.165, 1.54) is 6.92 Å². The van der Waals surface area contributed by atoms with Crippen molar-refractivity contribution >= 4 is 28.3 Å². The number of hydrogen-bond acceptors (Lipinski definition) is 3. The van der Waals surface area contributed by atoms with Gasteiger partial charge in [-0.2, -0.15) is 0 Å². The molecule has 0 bridgehead atoms. The maximum Gasteiger partial charge on any atom is 0.302 e. The maximum absolute atomic E-state index is 10.8. The SMILES string of the molecule is CC(=O)OCCc1cccc2ccc(OCCCCl)cc12. The molecule has 0 aromatic heterocycles. The van der Waals surface area contributed by atoms with Crippen LogP contribution in [0.4, 0.5) is 0 Å². The highest BCUT2D eigenvalue weighted by molar-refractivity contribution is 6.17. The molecule has 0 fully saturated rings. The van der Waals surface area contributed by atoms with E-state index in [1.54, 1.807) is 0 Å². The topological polar surface area (TPSA) is 35.5 Å². The van der Waals surface area contributed by atoms with Crippen molar-refractivity contribution in [2.24, 2.45) is 0 Å². The molecule has 0 aliphatic rings. The minimum atomic E-state index is -0.250. The Hall–Kier alpha value is -1.74. The van der Waals surface area contributed by atoms with E-state index in [0.717, 1.165) is 28.5 Å². The summed E-state index contributed by atoms with van der Waals surface area (Å²) in [6.07, 6.45) is 1.52. The first-order valence-corrected chi connectivity index (χ1v) is 7.58. The van der Waals surface area contributed by atoms with Crippen molar-refractivity contribution in [3.63, 3.8) is 0 Å². The molecule has 0 atom stereocenters. The van der Waals surface area contributed by atoms with E-state index >= 15 is 0 Å². The smallest absolute Gasteiger partial charge is 0.302 e. The number of ether oxygens (including phenoxy) is 2. The molecular weight excluding hydrogens is 288 g/mol. The molecule has 0 saturated carbocycles. The number of hydrogen-bond donors (Lipinski definition) is 0. The molecule has 0 amide bonds.